The molecule has 0 aliphatic carbocycles. The summed E-state index contributed by atoms with van der Waals surface area (Å²) in [5.74, 6) is 0.881. The third-order valence-corrected chi connectivity index (χ3v) is 4.13. The molecule has 0 aliphatic rings. The molecule has 0 bridgehead atoms. The predicted octanol–water partition coefficient (Wildman–Crippen LogP) is 5.67. The molecule has 1 N–H and O–H groups in total. The lowest BCUT2D eigenvalue weighted by molar-refractivity contribution is 0.239. The maximum atomic E-state index is 5.79. The normalized spacial score (nSPS) is 11.1. The molecule has 0 atom stereocenters. The maximum Gasteiger partial charge on any atom is 0.148 e. The summed E-state index contributed by atoms with van der Waals surface area (Å²) in [6.45, 7) is 8.28. The molecule has 0 unspecified atom stereocenters. The zero-order chi connectivity index (χ0) is 15.0. The Morgan fingerprint density at radius 2 is 1.75 bits per heavy atom. The highest BCUT2D eigenvalue weighted by Crippen LogP contribution is 2.35. The van der Waals surface area contributed by atoms with Crippen molar-refractivity contribution in [3.63, 3.8) is 0 Å². The quantitative estimate of drug-likeness (QED) is 0.533. The number of halogens is 2. The number of rotatable bonds is 9. The summed E-state index contributed by atoms with van der Waals surface area (Å²) in [7, 11) is 0. The van der Waals surface area contributed by atoms with Crippen LogP contribution in [0.2, 0.25) is 0 Å². The van der Waals surface area contributed by atoms with Crippen LogP contribution in [0.3, 0.4) is 0 Å². The molecule has 0 aromatic heterocycles. The number of benzene rings is 1. The van der Waals surface area contributed by atoms with Gasteiger partial charge in [-0.3, -0.25) is 0 Å². The van der Waals surface area contributed by atoms with Gasteiger partial charge in [-0.25, -0.2) is 0 Å². The van der Waals surface area contributed by atoms with Crippen LogP contribution in [0.25, 0.3) is 0 Å². The first kappa shape index (κ1) is 18.0. The van der Waals surface area contributed by atoms with Gasteiger partial charge in [-0.2, -0.15) is 0 Å². The van der Waals surface area contributed by atoms with Crippen molar-refractivity contribution in [3.05, 3.63) is 26.6 Å². The van der Waals surface area contributed by atoms with Crippen LogP contribution in [0.5, 0.6) is 5.75 Å². The van der Waals surface area contributed by atoms with Crippen LogP contribution in [-0.2, 0) is 6.54 Å². The molecule has 20 heavy (non-hydrogen) atoms. The van der Waals surface area contributed by atoms with Crippen molar-refractivity contribution in [1.29, 1.82) is 0 Å². The molecule has 0 aliphatic heterocycles. The first-order valence-electron chi connectivity index (χ1n) is 7.39. The van der Waals surface area contributed by atoms with E-state index in [4.69, 9.17) is 4.74 Å². The van der Waals surface area contributed by atoms with Crippen LogP contribution in [0.4, 0.5) is 0 Å². The monoisotopic (exact) mass is 405 g/mol. The van der Waals surface area contributed by atoms with Gasteiger partial charge in [0.25, 0.3) is 0 Å². The van der Waals surface area contributed by atoms with Crippen molar-refractivity contribution in [2.45, 2.75) is 59.1 Å². The molecule has 1 aromatic carbocycles. The molecule has 4 heteroatoms. The summed E-state index contributed by atoms with van der Waals surface area (Å²) in [6.07, 6.45) is 5.37. The largest absolute Gasteiger partial charge is 0.489 e. The minimum absolute atomic E-state index is 0.171. The van der Waals surface area contributed by atoms with Crippen molar-refractivity contribution in [3.8, 4) is 5.75 Å². The molecule has 1 aromatic rings. The Morgan fingerprint density at radius 1 is 1.10 bits per heavy atom. The van der Waals surface area contributed by atoms with E-state index < -0.39 is 0 Å². The van der Waals surface area contributed by atoms with Gasteiger partial charge in [-0.15, -0.1) is 0 Å². The van der Waals surface area contributed by atoms with Crippen LogP contribution in [0.15, 0.2) is 21.1 Å². The molecular formula is C16H25Br2NO. The van der Waals surface area contributed by atoms with Gasteiger partial charge < -0.3 is 10.1 Å². The van der Waals surface area contributed by atoms with E-state index in [-0.39, 0.29) is 6.10 Å². The maximum absolute atomic E-state index is 5.79. The van der Waals surface area contributed by atoms with Crippen LogP contribution in [0.1, 0.15) is 52.0 Å². The molecule has 1 rings (SSSR count). The Kier molecular flexibility index (Phi) is 8.82. The first-order valence-corrected chi connectivity index (χ1v) is 8.98. The van der Waals surface area contributed by atoms with Crippen molar-refractivity contribution in [2.75, 3.05) is 6.54 Å². The molecule has 0 saturated heterocycles. The lowest BCUT2D eigenvalue weighted by Crippen LogP contribution is -2.15. The summed E-state index contributed by atoms with van der Waals surface area (Å²) in [6, 6.07) is 4.25. The minimum Gasteiger partial charge on any atom is -0.489 e. The van der Waals surface area contributed by atoms with E-state index in [1.807, 2.05) is 13.8 Å². The molecule has 2 nitrogen and oxygen atoms in total. The smallest absolute Gasteiger partial charge is 0.148 e. The zero-order valence-corrected chi connectivity index (χ0v) is 15.8. The predicted molar refractivity (Wildman–Crippen MR) is 93.5 cm³/mol. The SMILES string of the molecule is CCCCCCNCc1cc(Br)c(OC(C)C)c(Br)c1. The van der Waals surface area contributed by atoms with E-state index in [1.165, 1.54) is 31.2 Å². The van der Waals surface area contributed by atoms with Crippen molar-refractivity contribution in [1.82, 2.24) is 5.32 Å². The average molecular weight is 407 g/mol. The molecule has 0 fully saturated rings. The highest BCUT2D eigenvalue weighted by Gasteiger charge is 2.10. The highest BCUT2D eigenvalue weighted by atomic mass is 79.9. The van der Waals surface area contributed by atoms with Crippen LogP contribution in [0, 0.1) is 0 Å². The number of unbranched alkanes of at least 4 members (excludes halogenated alkanes) is 3. The van der Waals surface area contributed by atoms with Crippen molar-refractivity contribution >= 4 is 31.9 Å². The molecule has 0 spiro atoms. The number of nitrogens with one attached hydrogen (secondary N) is 1. The summed E-state index contributed by atoms with van der Waals surface area (Å²) in [5, 5.41) is 3.49. The molecule has 0 saturated carbocycles. The second kappa shape index (κ2) is 9.80. The van der Waals surface area contributed by atoms with Crippen molar-refractivity contribution < 1.29 is 4.74 Å². The van der Waals surface area contributed by atoms with E-state index in [9.17, 15) is 0 Å². The lowest BCUT2D eigenvalue weighted by Gasteiger charge is -2.15. The topological polar surface area (TPSA) is 21.3 Å². The first-order chi connectivity index (χ1) is 9.54. The fourth-order valence-corrected chi connectivity index (χ4v) is 3.44. The number of ether oxygens (including phenoxy) is 1. The van der Waals surface area contributed by atoms with Gasteiger partial charge in [0.15, 0.2) is 0 Å². The fourth-order valence-electron chi connectivity index (χ4n) is 1.97. The highest BCUT2D eigenvalue weighted by molar-refractivity contribution is 9.11. The van der Waals surface area contributed by atoms with E-state index in [0.29, 0.717) is 0 Å². The lowest BCUT2D eigenvalue weighted by atomic mass is 10.2. The molecule has 0 radical (unpaired) electrons. The molecule has 114 valence electrons. The molecule has 0 heterocycles. The van der Waals surface area contributed by atoms with E-state index >= 15 is 0 Å². The van der Waals surface area contributed by atoms with Gasteiger partial charge in [0.05, 0.1) is 15.0 Å². The van der Waals surface area contributed by atoms with Crippen LogP contribution < -0.4 is 10.1 Å². The van der Waals surface area contributed by atoms with Crippen LogP contribution >= 0.6 is 31.9 Å². The molecule has 0 amide bonds. The van der Waals surface area contributed by atoms with E-state index in [1.54, 1.807) is 0 Å². The third-order valence-electron chi connectivity index (χ3n) is 2.95. The van der Waals surface area contributed by atoms with Gasteiger partial charge in [-0.1, -0.05) is 26.2 Å². The van der Waals surface area contributed by atoms with Gasteiger partial charge in [0.1, 0.15) is 5.75 Å². The minimum atomic E-state index is 0.171. The third kappa shape index (κ3) is 6.59. The van der Waals surface area contributed by atoms with Gasteiger partial charge in [0.2, 0.25) is 0 Å². The Bertz CT molecular complexity index is 384. The van der Waals surface area contributed by atoms with Gasteiger partial charge in [-0.05, 0) is 76.4 Å². The summed E-state index contributed by atoms with van der Waals surface area (Å²) >= 11 is 7.17. The number of hydrogen-bond acceptors (Lipinski definition) is 2. The zero-order valence-electron chi connectivity index (χ0n) is 12.6. The standard InChI is InChI=1S/C16H25Br2NO/c1-4-5-6-7-8-19-11-13-9-14(17)16(15(18)10-13)20-12(2)3/h9-10,12,19H,4-8,11H2,1-3H3. The van der Waals surface area contributed by atoms with E-state index in [0.717, 1.165) is 27.8 Å². The van der Waals surface area contributed by atoms with Crippen molar-refractivity contribution in [2.24, 2.45) is 0 Å². The second-order valence-corrected chi connectivity index (χ2v) is 7.00. The summed E-state index contributed by atoms with van der Waals surface area (Å²) < 4.78 is 7.79. The van der Waals surface area contributed by atoms with Gasteiger partial charge >= 0.3 is 0 Å². The van der Waals surface area contributed by atoms with Crippen LogP contribution in [-0.4, -0.2) is 12.6 Å². The average Bonchev–Trinajstić information content (AvgIpc) is 2.38. The van der Waals surface area contributed by atoms with Gasteiger partial charge in [0, 0.05) is 6.54 Å². The Morgan fingerprint density at radius 3 is 2.30 bits per heavy atom. The fraction of sp³-hybridized carbons (Fsp3) is 0.625. The second-order valence-electron chi connectivity index (χ2n) is 5.29. The Labute approximate surface area is 139 Å². The van der Waals surface area contributed by atoms with E-state index in [2.05, 4.69) is 56.2 Å². The Hall–Kier alpha value is -0.0600. The number of hydrogen-bond donors (Lipinski definition) is 1. The summed E-state index contributed by atoms with van der Waals surface area (Å²) in [4.78, 5) is 0. The Balaban J connectivity index is 2.47. The molecular weight excluding hydrogens is 382 g/mol. The summed E-state index contributed by atoms with van der Waals surface area (Å²) in [5.41, 5.74) is 1.26.